The minimum absolute atomic E-state index is 0.192. The van der Waals surface area contributed by atoms with Crippen molar-refractivity contribution < 1.29 is 8.78 Å². The van der Waals surface area contributed by atoms with E-state index in [0.717, 1.165) is 43.0 Å². The second-order valence-corrected chi connectivity index (χ2v) is 10.4. The maximum absolute atomic E-state index is 15.0. The maximum atomic E-state index is 15.0. The van der Waals surface area contributed by atoms with Gasteiger partial charge in [-0.1, -0.05) is 0 Å². The first kappa shape index (κ1) is 23.7. The molecule has 12 heteroatoms. The van der Waals surface area contributed by atoms with Crippen LogP contribution in [0.15, 0.2) is 41.6 Å². The van der Waals surface area contributed by atoms with E-state index in [1.807, 2.05) is 29.9 Å². The Labute approximate surface area is 217 Å². The number of aryl methyl sites for hydroxylation is 1. The molecule has 192 valence electrons. The van der Waals surface area contributed by atoms with E-state index in [0.29, 0.717) is 22.4 Å². The summed E-state index contributed by atoms with van der Waals surface area (Å²) in [7, 11) is 1.58. The molecular formula is C25H27F2N9S. The molecule has 1 aliphatic heterocycles. The molecule has 0 atom stereocenters. The molecule has 0 radical (unpaired) electrons. The molecule has 1 saturated heterocycles. The molecule has 0 amide bonds. The molecule has 2 fully saturated rings. The van der Waals surface area contributed by atoms with Gasteiger partial charge < -0.3 is 15.1 Å². The van der Waals surface area contributed by atoms with E-state index in [2.05, 4.69) is 25.5 Å². The van der Waals surface area contributed by atoms with E-state index >= 15 is 8.78 Å². The molecule has 4 aromatic rings. The number of halogens is 2. The summed E-state index contributed by atoms with van der Waals surface area (Å²) >= 11 is 1.28. The third-order valence-electron chi connectivity index (χ3n) is 6.77. The number of thioether (sulfide) groups is 1. The van der Waals surface area contributed by atoms with Crippen molar-refractivity contribution >= 4 is 40.9 Å². The van der Waals surface area contributed by atoms with Crippen LogP contribution in [-0.4, -0.2) is 56.3 Å². The lowest BCUT2D eigenvalue weighted by Gasteiger charge is -2.41. The van der Waals surface area contributed by atoms with Gasteiger partial charge in [-0.15, -0.1) is 11.8 Å². The zero-order valence-corrected chi connectivity index (χ0v) is 21.6. The Hall–Kier alpha value is -3.67. The van der Waals surface area contributed by atoms with Crippen molar-refractivity contribution in [3.63, 3.8) is 0 Å². The lowest BCUT2D eigenvalue weighted by Crippen LogP contribution is -2.49. The summed E-state index contributed by atoms with van der Waals surface area (Å²) in [5.41, 5.74) is 1.72. The number of anilines is 5. The number of aromatic nitrogens is 6. The van der Waals surface area contributed by atoms with Crippen LogP contribution in [0.3, 0.4) is 0 Å². The van der Waals surface area contributed by atoms with Crippen LogP contribution in [0.2, 0.25) is 0 Å². The van der Waals surface area contributed by atoms with Gasteiger partial charge in [0.2, 0.25) is 5.95 Å². The van der Waals surface area contributed by atoms with Gasteiger partial charge in [0, 0.05) is 54.8 Å². The molecule has 4 heterocycles. The summed E-state index contributed by atoms with van der Waals surface area (Å²) in [6.07, 6.45) is 7.59. The monoisotopic (exact) mass is 523 g/mol. The Balaban J connectivity index is 1.42. The molecule has 1 aliphatic carbocycles. The fourth-order valence-electron chi connectivity index (χ4n) is 4.66. The fourth-order valence-corrected chi connectivity index (χ4v) is 5.10. The summed E-state index contributed by atoms with van der Waals surface area (Å²) in [6.45, 7) is 3.38. The Bertz CT molecular complexity index is 1410. The lowest BCUT2D eigenvalue weighted by molar-refractivity contribution is 0.365. The molecule has 6 rings (SSSR count). The minimum atomic E-state index is -0.664. The number of hydrogen-bond donors (Lipinski definition) is 2. The van der Waals surface area contributed by atoms with Gasteiger partial charge in [-0.25, -0.2) is 8.78 Å². The first-order valence-corrected chi connectivity index (χ1v) is 13.4. The van der Waals surface area contributed by atoms with Crippen LogP contribution in [0, 0.1) is 18.6 Å². The first-order valence-electron chi connectivity index (χ1n) is 12.1. The van der Waals surface area contributed by atoms with Crippen molar-refractivity contribution in [1.29, 1.82) is 0 Å². The summed E-state index contributed by atoms with van der Waals surface area (Å²) < 4.78 is 32.0. The quantitative estimate of drug-likeness (QED) is 0.306. The third kappa shape index (κ3) is 4.50. The van der Waals surface area contributed by atoms with Gasteiger partial charge in [0.05, 0.1) is 6.04 Å². The number of benzene rings is 1. The van der Waals surface area contributed by atoms with Crippen LogP contribution in [0.5, 0.6) is 0 Å². The minimum Gasteiger partial charge on any atom is -0.352 e. The molecule has 1 aromatic carbocycles. The highest BCUT2D eigenvalue weighted by Gasteiger charge is 2.38. The number of hydrogen-bond acceptors (Lipinski definition) is 8. The molecule has 0 spiro atoms. The zero-order chi connectivity index (χ0) is 25.7. The molecule has 2 aliphatic rings. The van der Waals surface area contributed by atoms with Crippen molar-refractivity contribution in [2.45, 2.75) is 36.6 Å². The Kier molecular flexibility index (Phi) is 5.98. The summed E-state index contributed by atoms with van der Waals surface area (Å²) in [5.74, 6) is 1.19. The molecule has 0 unspecified atom stereocenters. The zero-order valence-electron chi connectivity index (χ0n) is 20.7. The molecule has 37 heavy (non-hydrogen) atoms. The van der Waals surface area contributed by atoms with Crippen LogP contribution in [0.4, 0.5) is 37.9 Å². The van der Waals surface area contributed by atoms with Gasteiger partial charge in [-0.05, 0) is 50.1 Å². The fraction of sp³-hybridized carbons (Fsp3) is 0.360. The third-order valence-corrected chi connectivity index (χ3v) is 7.48. The SMILES string of the molecule is CSc1cc(F)c(N(C)c2nc(Nc3cc(C)[nH]n3)c(C3CC3)c(N3CC(n4cccn4)C3)n2)c(F)c1. The predicted molar refractivity (Wildman–Crippen MR) is 140 cm³/mol. The number of nitrogens with one attached hydrogen (secondary N) is 2. The molecule has 9 nitrogen and oxygen atoms in total. The van der Waals surface area contributed by atoms with E-state index in [1.165, 1.54) is 28.8 Å². The standard InChI is InChI=1S/C25H27F2N9S/c1-14-9-20(33-32-14)29-23-21(15-5-6-15)24(35-12-16(13-35)36-8-4-7-28-36)31-25(30-23)34(2)22-18(26)10-17(37-3)11-19(22)27/h4,7-11,15-16H,5-6,12-13H2,1-3H3,(H2,29,30,31,32,33). The van der Waals surface area contributed by atoms with E-state index in [9.17, 15) is 0 Å². The van der Waals surface area contributed by atoms with Crippen molar-refractivity contribution in [2.75, 3.05) is 41.5 Å². The van der Waals surface area contributed by atoms with Crippen LogP contribution < -0.4 is 15.1 Å². The predicted octanol–water partition coefficient (Wildman–Crippen LogP) is 5.15. The van der Waals surface area contributed by atoms with Crippen LogP contribution in [0.1, 0.15) is 36.1 Å². The molecule has 2 N–H and O–H groups in total. The van der Waals surface area contributed by atoms with Crippen LogP contribution in [0.25, 0.3) is 0 Å². The second kappa shape index (κ2) is 9.33. The smallest absolute Gasteiger partial charge is 0.233 e. The van der Waals surface area contributed by atoms with Gasteiger partial charge >= 0.3 is 0 Å². The number of aromatic amines is 1. The first-order chi connectivity index (χ1) is 17.9. The van der Waals surface area contributed by atoms with Crippen LogP contribution in [-0.2, 0) is 0 Å². The lowest BCUT2D eigenvalue weighted by atomic mass is 10.1. The van der Waals surface area contributed by atoms with E-state index < -0.39 is 11.6 Å². The number of nitrogens with zero attached hydrogens (tertiary/aromatic N) is 7. The highest BCUT2D eigenvalue weighted by Crippen LogP contribution is 2.49. The van der Waals surface area contributed by atoms with Crippen molar-refractivity contribution in [2.24, 2.45) is 0 Å². The van der Waals surface area contributed by atoms with E-state index in [4.69, 9.17) is 9.97 Å². The molecule has 1 saturated carbocycles. The highest BCUT2D eigenvalue weighted by molar-refractivity contribution is 7.98. The molecule has 0 bridgehead atoms. The Morgan fingerprint density at radius 1 is 1.14 bits per heavy atom. The van der Waals surface area contributed by atoms with Crippen molar-refractivity contribution in [3.05, 3.63) is 59.6 Å². The van der Waals surface area contributed by atoms with Crippen molar-refractivity contribution in [3.8, 4) is 0 Å². The van der Waals surface area contributed by atoms with Gasteiger partial charge in [0.1, 0.15) is 17.3 Å². The average Bonchev–Trinajstić information content (AvgIpc) is 3.37. The average molecular weight is 524 g/mol. The van der Waals surface area contributed by atoms with E-state index in [1.54, 1.807) is 19.5 Å². The van der Waals surface area contributed by atoms with Crippen LogP contribution >= 0.6 is 11.8 Å². The van der Waals surface area contributed by atoms with Gasteiger partial charge in [-0.3, -0.25) is 9.78 Å². The Morgan fingerprint density at radius 3 is 2.49 bits per heavy atom. The maximum Gasteiger partial charge on any atom is 0.233 e. The summed E-state index contributed by atoms with van der Waals surface area (Å²) in [4.78, 5) is 13.7. The second-order valence-electron chi connectivity index (χ2n) is 9.49. The normalized spacial score (nSPS) is 15.6. The molecular weight excluding hydrogens is 496 g/mol. The van der Waals surface area contributed by atoms with Gasteiger partial charge in [0.15, 0.2) is 17.5 Å². The summed E-state index contributed by atoms with van der Waals surface area (Å²) in [6, 6.07) is 6.69. The highest BCUT2D eigenvalue weighted by atomic mass is 32.2. The van der Waals surface area contributed by atoms with E-state index in [-0.39, 0.29) is 17.7 Å². The summed E-state index contributed by atoms with van der Waals surface area (Å²) in [5, 5.41) is 15.0. The van der Waals surface area contributed by atoms with Gasteiger partial charge in [-0.2, -0.15) is 20.2 Å². The molecule has 3 aromatic heterocycles. The van der Waals surface area contributed by atoms with Gasteiger partial charge in [0.25, 0.3) is 0 Å². The Morgan fingerprint density at radius 2 is 1.89 bits per heavy atom. The largest absolute Gasteiger partial charge is 0.352 e. The number of rotatable bonds is 8. The number of H-pyrrole nitrogens is 1. The topological polar surface area (TPSA) is 90.8 Å². The van der Waals surface area contributed by atoms with Crippen molar-refractivity contribution in [1.82, 2.24) is 29.9 Å².